The quantitative estimate of drug-likeness (QED) is 0.280. The number of hydroxylamine groups is 2. The molecule has 1 saturated carbocycles. The van der Waals surface area contributed by atoms with Crippen LogP contribution in [0.25, 0.3) is 0 Å². The molecule has 1 aromatic heterocycles. The molecule has 2 fully saturated rings. The molecule has 2 atom stereocenters. The van der Waals surface area contributed by atoms with E-state index in [4.69, 9.17) is 0 Å². The molecule has 9 heteroatoms. The van der Waals surface area contributed by atoms with Crippen LogP contribution < -0.4 is 5.32 Å². The zero-order valence-corrected chi connectivity index (χ0v) is 20.7. The minimum absolute atomic E-state index is 0.00943. The number of imidazole rings is 1. The van der Waals surface area contributed by atoms with Crippen LogP contribution >= 0.6 is 0 Å². The zero-order valence-electron chi connectivity index (χ0n) is 20.7. The molecule has 0 bridgehead atoms. The standard InChI is InChI=1S/C24H42N6O3/c1-24(2,3)21(22-25-14-20(26-22)16-29-11-9-28(4)10-12-29)27-23(32)19(15-30(33)17-31)13-18-7-5-6-8-18/h14,17-19,21,33H,5-13,15-16H2,1-4H3,(H,25,26)(H,27,32)/t19-,21-/m1/s1. The summed E-state index contributed by atoms with van der Waals surface area (Å²) in [6.45, 7) is 11.2. The van der Waals surface area contributed by atoms with E-state index in [0.717, 1.165) is 57.1 Å². The van der Waals surface area contributed by atoms with Crippen molar-refractivity contribution in [2.45, 2.75) is 65.5 Å². The Bertz CT molecular complexity index is 762. The number of likely N-dealkylation sites (N-methyl/N-ethyl adjacent to an activating group) is 1. The van der Waals surface area contributed by atoms with Gasteiger partial charge in [-0.25, -0.2) is 10.0 Å². The molecule has 1 saturated heterocycles. The van der Waals surface area contributed by atoms with Gasteiger partial charge in [0.2, 0.25) is 12.3 Å². The van der Waals surface area contributed by atoms with Gasteiger partial charge < -0.3 is 15.2 Å². The highest BCUT2D eigenvalue weighted by Crippen LogP contribution is 2.34. The average molecular weight is 463 g/mol. The number of nitrogens with zero attached hydrogens (tertiary/aromatic N) is 4. The number of hydrogen-bond donors (Lipinski definition) is 3. The highest BCUT2D eigenvalue weighted by atomic mass is 16.5. The van der Waals surface area contributed by atoms with Crippen molar-refractivity contribution in [3.05, 3.63) is 17.7 Å². The number of piperazine rings is 1. The number of amides is 2. The predicted molar refractivity (Wildman–Crippen MR) is 126 cm³/mol. The largest absolute Gasteiger partial charge is 0.345 e. The SMILES string of the molecule is CN1CCN(Cc2cnc([C@@H](NC(=O)[C@H](CC3CCCC3)CN(O)C=O)C(C)(C)C)[nH]2)CC1. The summed E-state index contributed by atoms with van der Waals surface area (Å²) in [4.78, 5) is 37.2. The number of carbonyl (C=O) groups excluding carboxylic acids is 2. The summed E-state index contributed by atoms with van der Waals surface area (Å²) < 4.78 is 0. The Morgan fingerprint density at radius 1 is 1.30 bits per heavy atom. The van der Waals surface area contributed by atoms with E-state index in [1.807, 2.05) is 6.20 Å². The summed E-state index contributed by atoms with van der Waals surface area (Å²) >= 11 is 0. The van der Waals surface area contributed by atoms with E-state index in [2.05, 4.69) is 52.9 Å². The van der Waals surface area contributed by atoms with Gasteiger partial charge in [0, 0.05) is 44.6 Å². The van der Waals surface area contributed by atoms with Crippen molar-refractivity contribution in [1.82, 2.24) is 30.1 Å². The Morgan fingerprint density at radius 2 is 1.97 bits per heavy atom. The van der Waals surface area contributed by atoms with Crippen LogP contribution in [0.2, 0.25) is 0 Å². The first-order chi connectivity index (χ1) is 15.7. The van der Waals surface area contributed by atoms with Crippen LogP contribution in [0.5, 0.6) is 0 Å². The number of aromatic nitrogens is 2. The maximum absolute atomic E-state index is 13.3. The van der Waals surface area contributed by atoms with Crippen molar-refractivity contribution in [2.24, 2.45) is 17.3 Å². The van der Waals surface area contributed by atoms with E-state index >= 15 is 0 Å². The molecule has 1 aliphatic heterocycles. The molecular formula is C24H42N6O3. The molecule has 0 radical (unpaired) electrons. The van der Waals surface area contributed by atoms with Gasteiger partial charge in [0.05, 0.1) is 18.5 Å². The lowest BCUT2D eigenvalue weighted by atomic mass is 9.85. The van der Waals surface area contributed by atoms with E-state index in [-0.39, 0.29) is 23.9 Å². The fourth-order valence-corrected chi connectivity index (χ4v) is 4.99. The zero-order chi connectivity index (χ0) is 24.0. The third kappa shape index (κ3) is 7.52. The first-order valence-corrected chi connectivity index (χ1v) is 12.3. The van der Waals surface area contributed by atoms with Crippen molar-refractivity contribution < 1.29 is 14.8 Å². The van der Waals surface area contributed by atoms with E-state index in [1.54, 1.807) is 0 Å². The minimum atomic E-state index is -0.451. The van der Waals surface area contributed by atoms with Gasteiger partial charge in [-0.2, -0.15) is 0 Å². The Balaban J connectivity index is 1.69. The smallest absolute Gasteiger partial charge is 0.233 e. The number of rotatable bonds is 10. The first-order valence-electron chi connectivity index (χ1n) is 12.3. The third-order valence-electron chi connectivity index (χ3n) is 7.06. The van der Waals surface area contributed by atoms with Crippen molar-refractivity contribution in [3.63, 3.8) is 0 Å². The van der Waals surface area contributed by atoms with Gasteiger partial charge in [-0.15, -0.1) is 0 Å². The summed E-state index contributed by atoms with van der Waals surface area (Å²) in [5.74, 6) is 0.621. The molecule has 3 N–H and O–H groups in total. The Labute approximate surface area is 197 Å². The summed E-state index contributed by atoms with van der Waals surface area (Å²) in [7, 11) is 2.15. The van der Waals surface area contributed by atoms with Crippen LogP contribution in [0.1, 0.15) is 70.4 Å². The highest BCUT2D eigenvalue weighted by Gasteiger charge is 2.34. The molecule has 2 heterocycles. The summed E-state index contributed by atoms with van der Waals surface area (Å²) in [6, 6.07) is -0.305. The first kappa shape index (κ1) is 25.6. The lowest BCUT2D eigenvalue weighted by Crippen LogP contribution is -2.44. The number of aromatic amines is 1. The second kappa shape index (κ2) is 11.4. The molecule has 33 heavy (non-hydrogen) atoms. The normalized spacial score (nSPS) is 20.5. The summed E-state index contributed by atoms with van der Waals surface area (Å²) in [5.41, 5.74) is 0.781. The molecule has 0 aromatic carbocycles. The molecule has 3 rings (SSSR count). The lowest BCUT2D eigenvalue weighted by molar-refractivity contribution is -0.155. The maximum atomic E-state index is 13.3. The molecule has 9 nitrogen and oxygen atoms in total. The van der Waals surface area contributed by atoms with Crippen LogP contribution in [0.4, 0.5) is 0 Å². The molecule has 0 unspecified atom stereocenters. The third-order valence-corrected chi connectivity index (χ3v) is 7.06. The van der Waals surface area contributed by atoms with Gasteiger partial charge in [0.1, 0.15) is 5.82 Å². The van der Waals surface area contributed by atoms with Crippen LogP contribution in [-0.4, -0.2) is 82.1 Å². The topological polar surface area (TPSA) is 105 Å². The van der Waals surface area contributed by atoms with E-state index in [1.165, 1.54) is 12.8 Å². The van der Waals surface area contributed by atoms with E-state index < -0.39 is 5.92 Å². The van der Waals surface area contributed by atoms with Crippen molar-refractivity contribution >= 4 is 12.3 Å². The Hall–Kier alpha value is -1.97. The fraction of sp³-hybridized carbons (Fsp3) is 0.792. The second-order valence-electron chi connectivity index (χ2n) is 11.0. The van der Waals surface area contributed by atoms with Crippen molar-refractivity contribution in [1.29, 1.82) is 0 Å². The van der Waals surface area contributed by atoms with Gasteiger partial charge in [-0.1, -0.05) is 46.5 Å². The van der Waals surface area contributed by atoms with Crippen LogP contribution in [0.15, 0.2) is 6.20 Å². The Kier molecular flexibility index (Phi) is 8.89. The maximum Gasteiger partial charge on any atom is 0.233 e. The molecule has 2 aliphatic rings. The molecule has 2 amide bonds. The molecule has 0 spiro atoms. The Morgan fingerprint density at radius 3 is 2.58 bits per heavy atom. The van der Waals surface area contributed by atoms with Gasteiger partial charge >= 0.3 is 0 Å². The van der Waals surface area contributed by atoms with E-state index in [0.29, 0.717) is 23.8 Å². The minimum Gasteiger partial charge on any atom is -0.345 e. The summed E-state index contributed by atoms with van der Waals surface area (Å²) in [6.07, 6.45) is 7.50. The second-order valence-corrected chi connectivity index (χ2v) is 11.0. The van der Waals surface area contributed by atoms with Gasteiger partial charge in [0.15, 0.2) is 0 Å². The van der Waals surface area contributed by atoms with Crippen LogP contribution in [0, 0.1) is 17.3 Å². The monoisotopic (exact) mass is 462 g/mol. The number of carbonyl (C=O) groups is 2. The molecule has 1 aliphatic carbocycles. The van der Waals surface area contributed by atoms with Gasteiger partial charge in [-0.3, -0.25) is 19.7 Å². The highest BCUT2D eigenvalue weighted by molar-refractivity contribution is 5.79. The van der Waals surface area contributed by atoms with Gasteiger partial charge in [0.25, 0.3) is 0 Å². The van der Waals surface area contributed by atoms with Crippen molar-refractivity contribution in [3.8, 4) is 0 Å². The fourth-order valence-electron chi connectivity index (χ4n) is 4.99. The average Bonchev–Trinajstić information content (AvgIpc) is 3.44. The molecular weight excluding hydrogens is 420 g/mol. The summed E-state index contributed by atoms with van der Waals surface area (Å²) in [5, 5.41) is 13.6. The van der Waals surface area contributed by atoms with Gasteiger partial charge in [-0.05, 0) is 24.8 Å². The molecule has 186 valence electrons. The molecule has 1 aromatic rings. The van der Waals surface area contributed by atoms with E-state index in [9.17, 15) is 14.8 Å². The van der Waals surface area contributed by atoms with Crippen molar-refractivity contribution in [2.75, 3.05) is 39.8 Å². The number of H-pyrrole nitrogens is 1. The van der Waals surface area contributed by atoms with Crippen LogP contribution in [-0.2, 0) is 16.1 Å². The predicted octanol–water partition coefficient (Wildman–Crippen LogP) is 2.40. The number of nitrogens with one attached hydrogen (secondary N) is 2. The van der Waals surface area contributed by atoms with Crippen LogP contribution in [0.3, 0.4) is 0 Å². The lowest BCUT2D eigenvalue weighted by Gasteiger charge is -2.33. The number of hydrogen-bond acceptors (Lipinski definition) is 6.